The van der Waals surface area contributed by atoms with Gasteiger partial charge in [0.15, 0.2) is 12.4 Å². The van der Waals surface area contributed by atoms with Gasteiger partial charge in [0, 0.05) is 0 Å². The lowest BCUT2D eigenvalue weighted by Crippen LogP contribution is -2.60. The fraction of sp³-hybridized carbons (Fsp3) is 0.438. The van der Waals surface area contributed by atoms with Crippen LogP contribution in [-0.4, -0.2) is 68.8 Å². The van der Waals surface area contributed by atoms with Crippen molar-refractivity contribution >= 4 is 12.0 Å². The van der Waals surface area contributed by atoms with Gasteiger partial charge in [-0.15, -0.1) is 0 Å². The molecule has 0 aliphatic carbocycles. The lowest BCUT2D eigenvalue weighted by atomic mass is 9.99. The van der Waals surface area contributed by atoms with Crippen molar-refractivity contribution in [3.8, 4) is 0 Å². The number of aliphatic hydroxyl groups excluding tert-OH is 4. The van der Waals surface area contributed by atoms with Crippen LogP contribution in [0.2, 0.25) is 0 Å². The molecule has 2 rings (SSSR count). The van der Waals surface area contributed by atoms with Crippen molar-refractivity contribution in [2.24, 2.45) is 0 Å². The molecule has 5 N–H and O–H groups in total. The van der Waals surface area contributed by atoms with Gasteiger partial charge in [-0.2, -0.15) is 0 Å². The summed E-state index contributed by atoms with van der Waals surface area (Å²) < 4.78 is 10.2. The van der Waals surface area contributed by atoms with E-state index in [1.807, 2.05) is 0 Å². The molecule has 24 heavy (non-hydrogen) atoms. The largest absolute Gasteiger partial charge is 0.479 e. The van der Waals surface area contributed by atoms with Crippen molar-refractivity contribution in [1.29, 1.82) is 0 Å². The van der Waals surface area contributed by atoms with E-state index in [2.05, 4.69) is 6.58 Å². The van der Waals surface area contributed by atoms with Crippen LogP contribution in [0.4, 0.5) is 0 Å². The Morgan fingerprint density at radius 3 is 2.62 bits per heavy atom. The first-order valence-corrected chi connectivity index (χ1v) is 7.29. The first-order chi connectivity index (χ1) is 11.3. The van der Waals surface area contributed by atoms with Crippen LogP contribution in [0.25, 0.3) is 6.08 Å². The average molecular weight is 340 g/mol. The zero-order valence-electron chi connectivity index (χ0n) is 12.7. The highest BCUT2D eigenvalue weighted by atomic mass is 16.7. The Hall–Kier alpha value is -1.81. The van der Waals surface area contributed by atoms with Crippen LogP contribution in [0.15, 0.2) is 30.8 Å². The van der Waals surface area contributed by atoms with Gasteiger partial charge in [-0.05, 0) is 17.2 Å². The number of aliphatic hydroxyl groups is 4. The molecule has 0 unspecified atom stereocenters. The van der Waals surface area contributed by atoms with Crippen molar-refractivity contribution in [1.82, 2.24) is 0 Å². The van der Waals surface area contributed by atoms with E-state index in [0.29, 0.717) is 5.56 Å². The van der Waals surface area contributed by atoms with E-state index >= 15 is 0 Å². The molecule has 1 aromatic rings. The van der Waals surface area contributed by atoms with Crippen LogP contribution in [0.3, 0.4) is 0 Å². The Labute approximate surface area is 138 Å². The molecular formula is C16H20O8. The molecule has 8 nitrogen and oxygen atoms in total. The van der Waals surface area contributed by atoms with Crippen LogP contribution in [-0.2, 0) is 14.3 Å². The quantitative estimate of drug-likeness (QED) is 0.457. The van der Waals surface area contributed by atoms with E-state index in [0.717, 1.165) is 5.56 Å². The summed E-state index contributed by atoms with van der Waals surface area (Å²) in [4.78, 5) is 11.0. The van der Waals surface area contributed by atoms with E-state index in [-0.39, 0.29) is 6.61 Å². The second-order valence-electron chi connectivity index (χ2n) is 5.46. The lowest BCUT2D eigenvalue weighted by Gasteiger charge is -2.38. The molecule has 1 saturated heterocycles. The normalized spacial score (nSPS) is 31.4. The Kier molecular flexibility index (Phi) is 6.05. The van der Waals surface area contributed by atoms with Gasteiger partial charge < -0.3 is 35.0 Å². The summed E-state index contributed by atoms with van der Waals surface area (Å²) in [6.07, 6.45) is -7.87. The minimum absolute atomic E-state index is 0.308. The minimum atomic E-state index is -1.79. The number of carboxylic acids is 1. The summed E-state index contributed by atoms with van der Waals surface area (Å²) in [5.74, 6) is -1.50. The van der Waals surface area contributed by atoms with Crippen LogP contribution < -0.4 is 0 Å². The maximum absolute atomic E-state index is 11.0. The SMILES string of the molecule is C=Cc1cccc([C@@H](O)CO[C@@H]2O[C@H](C(=O)O)[C@@H](O)[C@H](O)[C@H]2O)c1. The van der Waals surface area contributed by atoms with E-state index in [1.165, 1.54) is 0 Å². The zero-order chi connectivity index (χ0) is 17.9. The highest BCUT2D eigenvalue weighted by Gasteiger charge is 2.47. The molecule has 1 aliphatic heterocycles. The number of hydrogen-bond donors (Lipinski definition) is 5. The Balaban J connectivity index is 2.01. The van der Waals surface area contributed by atoms with E-state index in [1.54, 1.807) is 30.3 Å². The highest BCUT2D eigenvalue weighted by Crippen LogP contribution is 2.24. The van der Waals surface area contributed by atoms with Crippen LogP contribution in [0.5, 0.6) is 0 Å². The van der Waals surface area contributed by atoms with Crippen LogP contribution in [0, 0.1) is 0 Å². The molecule has 0 saturated carbocycles. The number of carboxylic acid groups (broad SMARTS) is 1. The van der Waals surface area contributed by atoms with Gasteiger partial charge in [-0.3, -0.25) is 0 Å². The maximum atomic E-state index is 11.0. The lowest BCUT2D eigenvalue weighted by molar-refractivity contribution is -0.297. The second-order valence-corrected chi connectivity index (χ2v) is 5.46. The summed E-state index contributed by atoms with van der Waals surface area (Å²) in [5.41, 5.74) is 1.33. The topological polar surface area (TPSA) is 137 Å². The number of carbonyl (C=O) groups is 1. The average Bonchev–Trinajstić information content (AvgIpc) is 2.58. The molecule has 1 heterocycles. The summed E-state index contributed by atoms with van der Waals surface area (Å²) in [6.45, 7) is 3.32. The molecule has 1 aliphatic rings. The molecule has 1 aromatic carbocycles. The van der Waals surface area contributed by atoms with Gasteiger partial charge in [0.1, 0.15) is 24.4 Å². The van der Waals surface area contributed by atoms with Crippen molar-refractivity contribution in [3.63, 3.8) is 0 Å². The van der Waals surface area contributed by atoms with Gasteiger partial charge in [0.05, 0.1) is 6.61 Å². The van der Waals surface area contributed by atoms with Gasteiger partial charge >= 0.3 is 5.97 Å². The van der Waals surface area contributed by atoms with Gasteiger partial charge in [-0.25, -0.2) is 4.79 Å². The standard InChI is InChI=1S/C16H20O8/c1-2-8-4-3-5-9(6-8)10(17)7-23-16-13(20)11(18)12(19)14(24-16)15(21)22/h2-6,10-14,16-20H,1,7H2,(H,21,22)/t10-,11-,12-,13+,14-,16+/m0/s1. The van der Waals surface area contributed by atoms with Gasteiger partial charge in [-0.1, -0.05) is 30.9 Å². The molecule has 0 bridgehead atoms. The highest BCUT2D eigenvalue weighted by molar-refractivity contribution is 5.73. The summed E-state index contributed by atoms with van der Waals surface area (Å²) in [7, 11) is 0. The first kappa shape index (κ1) is 18.5. The minimum Gasteiger partial charge on any atom is -0.479 e. The fourth-order valence-electron chi connectivity index (χ4n) is 2.37. The van der Waals surface area contributed by atoms with E-state index in [9.17, 15) is 25.2 Å². The van der Waals surface area contributed by atoms with Crippen molar-refractivity contribution in [2.75, 3.05) is 6.61 Å². The number of hydrogen-bond acceptors (Lipinski definition) is 7. The molecule has 132 valence electrons. The monoisotopic (exact) mass is 340 g/mol. The summed E-state index contributed by atoms with van der Waals surface area (Å²) >= 11 is 0. The Morgan fingerprint density at radius 2 is 2.00 bits per heavy atom. The zero-order valence-corrected chi connectivity index (χ0v) is 12.7. The molecule has 1 fully saturated rings. The molecule has 0 amide bonds. The summed E-state index contributed by atoms with van der Waals surface area (Å²) in [5, 5.41) is 48.2. The molecule has 8 heteroatoms. The number of ether oxygens (including phenoxy) is 2. The third-order valence-corrected chi connectivity index (χ3v) is 3.76. The number of rotatable bonds is 6. The van der Waals surface area contributed by atoms with E-state index in [4.69, 9.17) is 14.6 Å². The van der Waals surface area contributed by atoms with E-state index < -0.39 is 42.8 Å². The summed E-state index contributed by atoms with van der Waals surface area (Å²) in [6, 6.07) is 6.88. The molecular weight excluding hydrogens is 320 g/mol. The third kappa shape index (κ3) is 3.99. The molecule has 0 aromatic heterocycles. The number of aliphatic carboxylic acids is 1. The fourth-order valence-corrected chi connectivity index (χ4v) is 2.37. The third-order valence-electron chi connectivity index (χ3n) is 3.76. The van der Waals surface area contributed by atoms with Crippen molar-refractivity contribution in [3.05, 3.63) is 42.0 Å². The van der Waals surface area contributed by atoms with Crippen molar-refractivity contribution in [2.45, 2.75) is 36.8 Å². The van der Waals surface area contributed by atoms with Crippen LogP contribution >= 0.6 is 0 Å². The van der Waals surface area contributed by atoms with Gasteiger partial charge in [0.2, 0.25) is 0 Å². The molecule has 0 spiro atoms. The van der Waals surface area contributed by atoms with Crippen LogP contribution in [0.1, 0.15) is 17.2 Å². The predicted octanol–water partition coefficient (Wildman–Crippen LogP) is -0.728. The predicted molar refractivity (Wildman–Crippen MR) is 81.8 cm³/mol. The molecule has 6 atom stereocenters. The van der Waals surface area contributed by atoms with Gasteiger partial charge in [0.25, 0.3) is 0 Å². The second kappa shape index (κ2) is 7.84. The smallest absolute Gasteiger partial charge is 0.335 e. The van der Waals surface area contributed by atoms with Crippen molar-refractivity contribution < 1.29 is 39.8 Å². The maximum Gasteiger partial charge on any atom is 0.335 e. The number of benzene rings is 1. The Bertz CT molecular complexity index is 589. The first-order valence-electron chi connectivity index (χ1n) is 7.29. The Morgan fingerprint density at radius 1 is 1.29 bits per heavy atom. The molecule has 0 radical (unpaired) electrons.